The lowest BCUT2D eigenvalue weighted by molar-refractivity contribution is -0.137. The predicted molar refractivity (Wildman–Crippen MR) is 101 cm³/mol. The zero-order chi connectivity index (χ0) is 20.3. The largest absolute Gasteiger partial charge is 0.497 e. The average molecular weight is 387 g/mol. The molecule has 1 aliphatic heterocycles. The quantitative estimate of drug-likeness (QED) is 0.824. The van der Waals surface area contributed by atoms with E-state index in [-0.39, 0.29) is 24.6 Å². The molecule has 0 bridgehead atoms. The van der Waals surface area contributed by atoms with E-state index in [1.54, 1.807) is 25.3 Å². The molecule has 3 rings (SSSR count). The third-order valence-corrected chi connectivity index (χ3v) is 5.00. The maximum atomic E-state index is 14.7. The number of hydrogen-bond donors (Lipinski definition) is 1. The first-order chi connectivity index (χ1) is 13.4. The van der Waals surface area contributed by atoms with Crippen molar-refractivity contribution in [2.75, 3.05) is 20.8 Å². The Morgan fingerprint density at radius 3 is 2.39 bits per heavy atom. The minimum absolute atomic E-state index is 0.0793. The molecule has 0 aliphatic carbocycles. The van der Waals surface area contributed by atoms with E-state index in [0.29, 0.717) is 17.7 Å². The van der Waals surface area contributed by atoms with Gasteiger partial charge < -0.3 is 19.5 Å². The highest BCUT2D eigenvalue weighted by atomic mass is 19.1. The van der Waals surface area contributed by atoms with Crippen molar-refractivity contribution in [1.29, 1.82) is 0 Å². The standard InChI is InChI=1S/C21H22FNO5/c1-27-16-6-3-13(4-7-16)14-5-8-18(19(22)9-14)21(26)23-12-17(28-2)10-15(23)11-20(24)25/h3-9,15,17H,10-12H2,1-2H3,(H,24,25). The molecular weight excluding hydrogens is 365 g/mol. The summed E-state index contributed by atoms with van der Waals surface area (Å²) in [7, 11) is 3.08. The monoisotopic (exact) mass is 387 g/mol. The zero-order valence-electron chi connectivity index (χ0n) is 15.7. The summed E-state index contributed by atoms with van der Waals surface area (Å²) in [5.41, 5.74) is 1.35. The third kappa shape index (κ3) is 4.14. The fourth-order valence-corrected chi connectivity index (χ4v) is 3.49. The van der Waals surface area contributed by atoms with Crippen molar-refractivity contribution in [3.8, 4) is 16.9 Å². The molecule has 2 aromatic carbocycles. The molecule has 0 radical (unpaired) electrons. The highest BCUT2D eigenvalue weighted by Crippen LogP contribution is 2.28. The van der Waals surface area contributed by atoms with Gasteiger partial charge in [-0.3, -0.25) is 9.59 Å². The van der Waals surface area contributed by atoms with Crippen LogP contribution >= 0.6 is 0 Å². The van der Waals surface area contributed by atoms with E-state index in [1.807, 2.05) is 12.1 Å². The summed E-state index contributed by atoms with van der Waals surface area (Å²) in [4.78, 5) is 25.4. The van der Waals surface area contributed by atoms with Gasteiger partial charge in [0.25, 0.3) is 5.91 Å². The van der Waals surface area contributed by atoms with Gasteiger partial charge in [-0.2, -0.15) is 0 Å². The number of aliphatic carboxylic acids is 1. The fraction of sp³-hybridized carbons (Fsp3) is 0.333. The second-order valence-corrected chi connectivity index (χ2v) is 6.73. The number of nitrogens with zero attached hydrogens (tertiary/aromatic N) is 1. The van der Waals surface area contributed by atoms with Gasteiger partial charge in [0.05, 0.1) is 25.2 Å². The number of rotatable bonds is 6. The number of carbonyl (C=O) groups excluding carboxylic acids is 1. The third-order valence-electron chi connectivity index (χ3n) is 5.00. The van der Waals surface area contributed by atoms with Crippen molar-refractivity contribution < 1.29 is 28.6 Å². The van der Waals surface area contributed by atoms with Crippen LogP contribution < -0.4 is 4.74 Å². The Bertz CT molecular complexity index is 868. The molecule has 1 aliphatic rings. The van der Waals surface area contributed by atoms with Crippen molar-refractivity contribution in [2.45, 2.75) is 25.0 Å². The van der Waals surface area contributed by atoms with E-state index < -0.39 is 23.7 Å². The second-order valence-electron chi connectivity index (χ2n) is 6.73. The molecule has 2 aromatic rings. The summed E-state index contributed by atoms with van der Waals surface area (Å²) in [5.74, 6) is -1.48. The van der Waals surface area contributed by atoms with Crippen LogP contribution in [0.15, 0.2) is 42.5 Å². The van der Waals surface area contributed by atoms with Gasteiger partial charge in [0, 0.05) is 19.7 Å². The molecule has 0 aromatic heterocycles. The maximum absolute atomic E-state index is 14.7. The van der Waals surface area contributed by atoms with Crippen LogP contribution in [0.3, 0.4) is 0 Å². The number of benzene rings is 2. The van der Waals surface area contributed by atoms with Gasteiger partial charge in [-0.1, -0.05) is 18.2 Å². The van der Waals surface area contributed by atoms with Gasteiger partial charge in [-0.15, -0.1) is 0 Å². The van der Waals surface area contributed by atoms with Crippen LogP contribution in [0.5, 0.6) is 5.75 Å². The number of ether oxygens (including phenoxy) is 2. The molecule has 1 fully saturated rings. The Morgan fingerprint density at radius 1 is 1.14 bits per heavy atom. The first-order valence-electron chi connectivity index (χ1n) is 8.92. The van der Waals surface area contributed by atoms with Crippen LogP contribution in [0.25, 0.3) is 11.1 Å². The lowest BCUT2D eigenvalue weighted by Gasteiger charge is -2.23. The number of amides is 1. The van der Waals surface area contributed by atoms with E-state index in [4.69, 9.17) is 14.6 Å². The lowest BCUT2D eigenvalue weighted by Crippen LogP contribution is -2.37. The summed E-state index contributed by atoms with van der Waals surface area (Å²) in [6.45, 7) is 0.243. The number of methoxy groups -OCH3 is 2. The summed E-state index contributed by atoms with van der Waals surface area (Å²) in [5, 5.41) is 9.10. The second kappa shape index (κ2) is 8.39. The average Bonchev–Trinajstić information content (AvgIpc) is 3.09. The number of carbonyl (C=O) groups is 2. The smallest absolute Gasteiger partial charge is 0.305 e. The molecule has 1 N–H and O–H groups in total. The van der Waals surface area contributed by atoms with E-state index in [1.165, 1.54) is 24.1 Å². The summed E-state index contributed by atoms with van der Waals surface area (Å²) in [6, 6.07) is 11.1. The predicted octanol–water partition coefficient (Wildman–Crippen LogP) is 3.21. The molecule has 2 atom stereocenters. The molecule has 148 valence electrons. The van der Waals surface area contributed by atoms with E-state index in [0.717, 1.165) is 5.56 Å². The van der Waals surface area contributed by atoms with Gasteiger partial charge in [-0.05, 0) is 41.8 Å². The summed E-state index contributed by atoms with van der Waals surface area (Å²) in [6.07, 6.45) is -0.0352. The van der Waals surface area contributed by atoms with Crippen molar-refractivity contribution >= 4 is 11.9 Å². The van der Waals surface area contributed by atoms with Crippen LogP contribution in [0.1, 0.15) is 23.2 Å². The molecule has 7 heteroatoms. The Morgan fingerprint density at radius 2 is 1.82 bits per heavy atom. The first-order valence-corrected chi connectivity index (χ1v) is 8.92. The topological polar surface area (TPSA) is 76.1 Å². The number of halogens is 1. The van der Waals surface area contributed by atoms with Crippen LogP contribution in [-0.4, -0.2) is 54.8 Å². The van der Waals surface area contributed by atoms with Crippen molar-refractivity contribution in [2.24, 2.45) is 0 Å². The first kappa shape index (κ1) is 19.8. The zero-order valence-corrected chi connectivity index (χ0v) is 15.7. The van der Waals surface area contributed by atoms with Crippen molar-refractivity contribution in [1.82, 2.24) is 4.90 Å². The molecule has 0 saturated carbocycles. The van der Waals surface area contributed by atoms with E-state index in [9.17, 15) is 14.0 Å². The Hall–Kier alpha value is -2.93. The highest BCUT2D eigenvalue weighted by molar-refractivity contribution is 5.95. The normalized spacial score (nSPS) is 18.9. The van der Waals surface area contributed by atoms with Gasteiger partial charge in [0.15, 0.2) is 0 Å². The van der Waals surface area contributed by atoms with Gasteiger partial charge in [0.1, 0.15) is 11.6 Å². The minimum atomic E-state index is -1.00. The molecular formula is C21H22FNO5. The molecule has 2 unspecified atom stereocenters. The number of carboxylic acid groups (broad SMARTS) is 1. The van der Waals surface area contributed by atoms with Crippen LogP contribution in [-0.2, 0) is 9.53 Å². The molecule has 1 heterocycles. The number of carboxylic acids is 1. The molecule has 6 nitrogen and oxygen atoms in total. The summed E-state index contributed by atoms with van der Waals surface area (Å²) < 4.78 is 25.1. The van der Waals surface area contributed by atoms with Crippen LogP contribution in [0.4, 0.5) is 4.39 Å². The van der Waals surface area contributed by atoms with Gasteiger partial charge in [0.2, 0.25) is 0 Å². The fourth-order valence-electron chi connectivity index (χ4n) is 3.49. The number of hydrogen-bond acceptors (Lipinski definition) is 4. The minimum Gasteiger partial charge on any atom is -0.497 e. The van der Waals surface area contributed by atoms with Crippen LogP contribution in [0.2, 0.25) is 0 Å². The lowest BCUT2D eigenvalue weighted by atomic mass is 10.0. The van der Waals surface area contributed by atoms with Gasteiger partial charge in [-0.25, -0.2) is 4.39 Å². The molecule has 28 heavy (non-hydrogen) atoms. The maximum Gasteiger partial charge on any atom is 0.305 e. The van der Waals surface area contributed by atoms with Crippen molar-refractivity contribution in [3.63, 3.8) is 0 Å². The van der Waals surface area contributed by atoms with Crippen molar-refractivity contribution in [3.05, 3.63) is 53.8 Å². The SMILES string of the molecule is COc1ccc(-c2ccc(C(=O)N3CC(OC)CC3CC(=O)O)c(F)c2)cc1. The molecule has 1 amide bonds. The number of likely N-dealkylation sites (tertiary alicyclic amines) is 1. The summed E-state index contributed by atoms with van der Waals surface area (Å²) >= 11 is 0. The van der Waals surface area contributed by atoms with Gasteiger partial charge >= 0.3 is 5.97 Å². The Kier molecular flexibility index (Phi) is 5.94. The van der Waals surface area contributed by atoms with Crippen LogP contribution in [0, 0.1) is 5.82 Å². The highest BCUT2D eigenvalue weighted by Gasteiger charge is 2.37. The van der Waals surface area contributed by atoms with E-state index in [2.05, 4.69) is 0 Å². The van der Waals surface area contributed by atoms with E-state index >= 15 is 0 Å². The molecule has 0 spiro atoms. The molecule has 1 saturated heterocycles. The Labute approximate surface area is 162 Å². The Balaban J connectivity index is 1.84.